The molecule has 2 aromatic heterocycles. The van der Waals surface area contributed by atoms with Gasteiger partial charge in [-0.1, -0.05) is 36.4 Å². The lowest BCUT2D eigenvalue weighted by molar-refractivity contribution is -0.132. The van der Waals surface area contributed by atoms with Gasteiger partial charge in [-0.3, -0.25) is 14.4 Å². The molecular weight excluding hydrogens is 516 g/mol. The van der Waals surface area contributed by atoms with E-state index >= 15 is 0 Å². The minimum Gasteiger partial charge on any atom is -0.344 e. The number of piperidine rings is 1. The Labute approximate surface area is 230 Å². The van der Waals surface area contributed by atoms with Gasteiger partial charge in [0, 0.05) is 35.1 Å². The van der Waals surface area contributed by atoms with E-state index in [9.17, 15) is 14.4 Å². The number of amides is 3. The lowest BCUT2D eigenvalue weighted by atomic mass is 9.96. The van der Waals surface area contributed by atoms with E-state index in [0.29, 0.717) is 12.8 Å². The van der Waals surface area contributed by atoms with E-state index in [1.54, 1.807) is 22.7 Å². The standard InChI is InChI=1S/C29H32N4O3S2/c1-18(34)31-27(15-21-17-38-26-9-5-3-7-23(21)26)33-29(36)24(32-28(35)19-10-12-30-13-11-19)14-20-16-37-25-8-4-2-6-22(20)25/h2-9,16-17,19,24,27,30H,10-15H2,1H3,(H,31,34)(H,32,35)(H,33,36)/t24-,27+/m1/s1. The van der Waals surface area contributed by atoms with Crippen molar-refractivity contribution in [2.24, 2.45) is 5.92 Å². The maximum absolute atomic E-state index is 13.7. The van der Waals surface area contributed by atoms with Crippen molar-refractivity contribution < 1.29 is 14.4 Å². The summed E-state index contributed by atoms with van der Waals surface area (Å²) in [6.45, 7) is 3.03. The molecule has 0 saturated carbocycles. The van der Waals surface area contributed by atoms with Crippen molar-refractivity contribution in [3.05, 3.63) is 70.4 Å². The number of carbonyl (C=O) groups excluding carboxylic acids is 3. The lowest BCUT2D eigenvalue weighted by Crippen LogP contribution is -2.56. The molecule has 0 spiro atoms. The summed E-state index contributed by atoms with van der Waals surface area (Å²) in [7, 11) is 0. The molecular formula is C29H32N4O3S2. The first-order valence-corrected chi connectivity index (χ1v) is 14.7. The lowest BCUT2D eigenvalue weighted by Gasteiger charge is -2.27. The third-order valence-electron chi connectivity index (χ3n) is 7.01. The minimum atomic E-state index is -0.758. The Bertz CT molecular complexity index is 1440. The summed E-state index contributed by atoms with van der Waals surface area (Å²) in [6.07, 6.45) is 1.73. The van der Waals surface area contributed by atoms with Crippen LogP contribution in [0, 0.1) is 5.92 Å². The first-order chi connectivity index (χ1) is 18.5. The minimum absolute atomic E-state index is 0.0916. The fourth-order valence-corrected chi connectivity index (χ4v) is 7.01. The number of carbonyl (C=O) groups is 3. The third-order valence-corrected chi connectivity index (χ3v) is 9.03. The van der Waals surface area contributed by atoms with Crippen molar-refractivity contribution in [2.75, 3.05) is 13.1 Å². The van der Waals surface area contributed by atoms with Crippen molar-refractivity contribution in [3.8, 4) is 0 Å². The van der Waals surface area contributed by atoms with Crippen LogP contribution in [-0.4, -0.2) is 43.0 Å². The Balaban J connectivity index is 1.37. The van der Waals surface area contributed by atoms with Gasteiger partial charge in [0.25, 0.3) is 0 Å². The molecule has 198 valence electrons. The average molecular weight is 549 g/mol. The zero-order valence-electron chi connectivity index (χ0n) is 21.3. The number of fused-ring (bicyclic) bond motifs is 2. The first-order valence-electron chi connectivity index (χ1n) is 13.0. The molecule has 3 amide bonds. The zero-order valence-corrected chi connectivity index (χ0v) is 22.9. The SMILES string of the molecule is CC(=O)N[C@H](Cc1csc2ccccc12)NC(=O)[C@@H](Cc1csc2ccccc12)NC(=O)C1CCNCC1. The molecule has 0 aliphatic carbocycles. The second-order valence-electron chi connectivity index (χ2n) is 9.77. The van der Waals surface area contributed by atoms with Crippen LogP contribution in [-0.2, 0) is 27.2 Å². The molecule has 9 heteroatoms. The Morgan fingerprint density at radius 3 is 2.03 bits per heavy atom. The van der Waals surface area contributed by atoms with E-state index in [1.807, 2.05) is 30.3 Å². The van der Waals surface area contributed by atoms with E-state index in [-0.39, 0.29) is 23.6 Å². The summed E-state index contributed by atoms with van der Waals surface area (Å²) in [5, 5.41) is 18.6. The average Bonchev–Trinajstić information content (AvgIpc) is 3.52. The van der Waals surface area contributed by atoms with Gasteiger partial charge in [-0.05, 0) is 70.7 Å². The molecule has 3 heterocycles. The van der Waals surface area contributed by atoms with Crippen LogP contribution in [0.3, 0.4) is 0 Å². The molecule has 2 atom stereocenters. The maximum Gasteiger partial charge on any atom is 0.244 e. The van der Waals surface area contributed by atoms with Gasteiger partial charge in [0.05, 0.1) is 0 Å². The Morgan fingerprint density at radius 2 is 1.42 bits per heavy atom. The smallest absolute Gasteiger partial charge is 0.244 e. The fourth-order valence-electron chi connectivity index (χ4n) is 5.06. The third kappa shape index (κ3) is 6.23. The van der Waals surface area contributed by atoms with Crippen LogP contribution in [0.25, 0.3) is 20.2 Å². The predicted molar refractivity (Wildman–Crippen MR) is 154 cm³/mol. The highest BCUT2D eigenvalue weighted by Crippen LogP contribution is 2.28. The van der Waals surface area contributed by atoms with Crippen LogP contribution in [0.1, 0.15) is 30.9 Å². The van der Waals surface area contributed by atoms with Crippen LogP contribution in [0.5, 0.6) is 0 Å². The number of thiophene rings is 2. The van der Waals surface area contributed by atoms with Crippen molar-refractivity contribution >= 4 is 60.6 Å². The molecule has 1 fully saturated rings. The Kier molecular flexibility index (Phi) is 8.36. The van der Waals surface area contributed by atoms with Gasteiger partial charge in [0.2, 0.25) is 17.7 Å². The summed E-state index contributed by atoms with van der Waals surface area (Å²) < 4.78 is 2.30. The highest BCUT2D eigenvalue weighted by molar-refractivity contribution is 7.17. The van der Waals surface area contributed by atoms with Crippen molar-refractivity contribution in [1.82, 2.24) is 21.3 Å². The number of benzene rings is 2. The topological polar surface area (TPSA) is 99.3 Å². The first kappa shape index (κ1) is 26.3. The summed E-state index contributed by atoms with van der Waals surface area (Å²) in [6, 6.07) is 15.4. The van der Waals surface area contributed by atoms with Gasteiger partial charge in [-0.15, -0.1) is 22.7 Å². The van der Waals surface area contributed by atoms with E-state index < -0.39 is 12.2 Å². The van der Waals surface area contributed by atoms with Crippen LogP contribution < -0.4 is 21.3 Å². The highest BCUT2D eigenvalue weighted by atomic mass is 32.1. The number of hydrogen-bond donors (Lipinski definition) is 4. The normalized spacial score (nSPS) is 15.7. The molecule has 0 bridgehead atoms. The van der Waals surface area contributed by atoms with E-state index in [1.165, 1.54) is 6.92 Å². The molecule has 5 rings (SSSR count). The summed E-state index contributed by atoms with van der Waals surface area (Å²) in [5.74, 6) is -0.741. The quantitative estimate of drug-likeness (QED) is 0.238. The monoisotopic (exact) mass is 548 g/mol. The molecule has 2 aromatic carbocycles. The summed E-state index contributed by atoms with van der Waals surface area (Å²) in [4.78, 5) is 39.0. The highest BCUT2D eigenvalue weighted by Gasteiger charge is 2.29. The van der Waals surface area contributed by atoms with Gasteiger partial charge in [0.1, 0.15) is 12.2 Å². The van der Waals surface area contributed by atoms with E-state index in [0.717, 1.165) is 57.2 Å². The maximum atomic E-state index is 13.7. The molecule has 38 heavy (non-hydrogen) atoms. The number of nitrogens with one attached hydrogen (secondary N) is 4. The van der Waals surface area contributed by atoms with Gasteiger partial charge < -0.3 is 21.3 Å². The number of hydrogen-bond acceptors (Lipinski definition) is 6. The van der Waals surface area contributed by atoms with Crippen LogP contribution >= 0.6 is 22.7 Å². The van der Waals surface area contributed by atoms with Gasteiger partial charge in [-0.25, -0.2) is 0 Å². The molecule has 1 aliphatic heterocycles. The molecule has 4 aromatic rings. The fraction of sp³-hybridized carbons (Fsp3) is 0.345. The van der Waals surface area contributed by atoms with Crippen LogP contribution in [0.15, 0.2) is 59.3 Å². The Morgan fingerprint density at radius 1 is 0.842 bits per heavy atom. The van der Waals surface area contributed by atoms with Crippen molar-refractivity contribution in [3.63, 3.8) is 0 Å². The van der Waals surface area contributed by atoms with Gasteiger partial charge in [-0.2, -0.15) is 0 Å². The second kappa shape index (κ2) is 12.1. The van der Waals surface area contributed by atoms with Crippen molar-refractivity contribution in [1.29, 1.82) is 0 Å². The van der Waals surface area contributed by atoms with Crippen LogP contribution in [0.4, 0.5) is 0 Å². The summed E-state index contributed by atoms with van der Waals surface area (Å²) in [5.41, 5.74) is 2.08. The number of rotatable bonds is 9. The van der Waals surface area contributed by atoms with E-state index in [2.05, 4.69) is 50.2 Å². The van der Waals surface area contributed by atoms with E-state index in [4.69, 9.17) is 0 Å². The van der Waals surface area contributed by atoms with Crippen molar-refractivity contribution in [2.45, 2.75) is 44.8 Å². The van der Waals surface area contributed by atoms with Gasteiger partial charge >= 0.3 is 0 Å². The predicted octanol–water partition coefficient (Wildman–Crippen LogP) is 3.96. The second-order valence-corrected chi connectivity index (χ2v) is 11.6. The summed E-state index contributed by atoms with van der Waals surface area (Å²) >= 11 is 3.27. The van der Waals surface area contributed by atoms with Gasteiger partial charge in [0.15, 0.2) is 0 Å². The largest absolute Gasteiger partial charge is 0.344 e. The molecule has 1 aliphatic rings. The zero-order chi connectivity index (χ0) is 26.5. The molecule has 1 saturated heterocycles. The molecule has 4 N–H and O–H groups in total. The Hall–Kier alpha value is -3.27. The molecule has 7 nitrogen and oxygen atoms in total. The van der Waals surface area contributed by atoms with Crippen LogP contribution in [0.2, 0.25) is 0 Å². The molecule has 0 unspecified atom stereocenters. The molecule has 0 radical (unpaired) electrons.